The van der Waals surface area contributed by atoms with Crippen LogP contribution < -0.4 is 4.90 Å². The smallest absolute Gasteiger partial charge is 0.414 e. The number of amides is 1. The van der Waals surface area contributed by atoms with Crippen molar-refractivity contribution in [2.24, 2.45) is 0 Å². The molecule has 0 bridgehead atoms. The summed E-state index contributed by atoms with van der Waals surface area (Å²) in [4.78, 5) is 17.2. The second-order valence-corrected chi connectivity index (χ2v) is 11.4. The number of cyclic esters (lactones) is 1. The first-order chi connectivity index (χ1) is 10.7. The van der Waals surface area contributed by atoms with Crippen LogP contribution in [0.25, 0.3) is 4.85 Å². The SMILES string of the molecule is [C-]#[N+]c1ccc(N2C(=O)OC[C@@H]2C(C)O[Si](C)(C)C)c(C)c1Cl. The second kappa shape index (κ2) is 6.52. The third-order valence-electron chi connectivity index (χ3n) is 3.70. The number of nitrogens with zero attached hydrogens (tertiary/aromatic N) is 2. The molecule has 1 unspecified atom stereocenters. The van der Waals surface area contributed by atoms with E-state index in [2.05, 4.69) is 24.5 Å². The lowest BCUT2D eigenvalue weighted by atomic mass is 10.1. The predicted octanol–water partition coefficient (Wildman–Crippen LogP) is 4.76. The van der Waals surface area contributed by atoms with Gasteiger partial charge in [0, 0.05) is 5.69 Å². The van der Waals surface area contributed by atoms with Crippen molar-refractivity contribution < 1.29 is 14.0 Å². The zero-order valence-corrected chi connectivity index (χ0v) is 15.8. The largest absolute Gasteiger partial charge is 0.447 e. The predicted molar refractivity (Wildman–Crippen MR) is 94.0 cm³/mol. The third-order valence-corrected chi connectivity index (χ3v) is 5.26. The molecule has 1 aromatic rings. The molecule has 2 rings (SSSR count). The molecule has 1 heterocycles. The lowest BCUT2D eigenvalue weighted by molar-refractivity contribution is 0.153. The molecule has 1 fully saturated rings. The van der Waals surface area contributed by atoms with Gasteiger partial charge in [0.2, 0.25) is 5.69 Å². The van der Waals surface area contributed by atoms with Gasteiger partial charge in [-0.25, -0.2) is 9.64 Å². The Bertz CT molecular complexity index is 667. The number of carbonyl (C=O) groups excluding carboxylic acids is 1. The van der Waals surface area contributed by atoms with Crippen molar-refractivity contribution in [1.82, 2.24) is 0 Å². The standard InChI is InChI=1S/C16H21ClN2O3Si/c1-10-13(8-7-12(18-3)15(10)17)19-14(9-21-16(19)20)11(2)22-23(4,5)6/h7-8,11,14H,9H2,1-2,4-6H3/t11?,14-/m1/s1. The molecule has 0 saturated carbocycles. The van der Waals surface area contributed by atoms with Crippen LogP contribution in [0.1, 0.15) is 12.5 Å². The number of anilines is 1. The van der Waals surface area contributed by atoms with E-state index >= 15 is 0 Å². The van der Waals surface area contributed by atoms with Gasteiger partial charge in [-0.1, -0.05) is 17.7 Å². The monoisotopic (exact) mass is 352 g/mol. The van der Waals surface area contributed by atoms with E-state index in [1.54, 1.807) is 24.0 Å². The van der Waals surface area contributed by atoms with Crippen LogP contribution in [-0.4, -0.2) is 33.2 Å². The van der Waals surface area contributed by atoms with E-state index in [4.69, 9.17) is 27.3 Å². The lowest BCUT2D eigenvalue weighted by Crippen LogP contribution is -2.46. The van der Waals surface area contributed by atoms with E-state index < -0.39 is 14.4 Å². The van der Waals surface area contributed by atoms with Crippen molar-refractivity contribution >= 4 is 37.4 Å². The first-order valence-corrected chi connectivity index (χ1v) is 11.2. The average Bonchev–Trinajstić information content (AvgIpc) is 2.82. The van der Waals surface area contributed by atoms with E-state index in [1.807, 2.05) is 6.92 Å². The maximum atomic E-state index is 12.2. The molecule has 5 nitrogen and oxygen atoms in total. The number of halogens is 1. The highest BCUT2D eigenvalue weighted by Crippen LogP contribution is 2.37. The number of rotatable bonds is 4. The van der Waals surface area contributed by atoms with Crippen molar-refractivity contribution in [2.45, 2.75) is 45.6 Å². The van der Waals surface area contributed by atoms with Crippen molar-refractivity contribution in [3.05, 3.63) is 34.1 Å². The van der Waals surface area contributed by atoms with Gasteiger partial charge < -0.3 is 9.16 Å². The fourth-order valence-electron chi connectivity index (χ4n) is 2.70. The summed E-state index contributed by atoms with van der Waals surface area (Å²) in [5.74, 6) is 0. The Balaban J connectivity index is 2.38. The van der Waals surface area contributed by atoms with Gasteiger partial charge in [0.15, 0.2) is 8.32 Å². The van der Waals surface area contributed by atoms with Gasteiger partial charge >= 0.3 is 6.09 Å². The van der Waals surface area contributed by atoms with Crippen molar-refractivity contribution in [3.63, 3.8) is 0 Å². The summed E-state index contributed by atoms with van der Waals surface area (Å²) in [5.41, 5.74) is 1.74. The Hall–Kier alpha value is -1.55. The zero-order chi connectivity index (χ0) is 17.4. The van der Waals surface area contributed by atoms with Crippen LogP contribution in [0.3, 0.4) is 0 Å². The highest BCUT2D eigenvalue weighted by Gasteiger charge is 2.40. The van der Waals surface area contributed by atoms with Crippen molar-refractivity contribution in [1.29, 1.82) is 0 Å². The van der Waals surface area contributed by atoms with E-state index in [0.29, 0.717) is 22.0 Å². The molecule has 1 amide bonds. The van der Waals surface area contributed by atoms with Gasteiger partial charge in [-0.3, -0.25) is 4.90 Å². The Morgan fingerprint density at radius 1 is 1.48 bits per heavy atom. The van der Waals surface area contributed by atoms with Crippen LogP contribution in [-0.2, 0) is 9.16 Å². The molecule has 1 aliphatic heterocycles. The summed E-state index contributed by atoms with van der Waals surface area (Å²) in [5, 5.41) is 0.370. The van der Waals surface area contributed by atoms with E-state index in [-0.39, 0.29) is 18.8 Å². The minimum Gasteiger partial charge on any atom is -0.447 e. The van der Waals surface area contributed by atoms with Gasteiger partial charge in [-0.05, 0) is 45.1 Å². The summed E-state index contributed by atoms with van der Waals surface area (Å²) in [6, 6.07) is 3.17. The minimum atomic E-state index is -1.74. The van der Waals surface area contributed by atoms with E-state index in [9.17, 15) is 4.79 Å². The summed E-state index contributed by atoms with van der Waals surface area (Å²) >= 11 is 6.24. The highest BCUT2D eigenvalue weighted by molar-refractivity contribution is 6.69. The van der Waals surface area contributed by atoms with E-state index in [0.717, 1.165) is 0 Å². The third kappa shape index (κ3) is 3.69. The topological polar surface area (TPSA) is 43.1 Å². The number of carbonyl (C=O) groups is 1. The first-order valence-electron chi connectivity index (χ1n) is 7.46. The molecule has 0 radical (unpaired) electrons. The molecule has 0 N–H and O–H groups in total. The minimum absolute atomic E-state index is 0.146. The molecule has 7 heteroatoms. The fourth-order valence-corrected chi connectivity index (χ4v) is 4.18. The van der Waals surface area contributed by atoms with Gasteiger partial charge in [0.05, 0.1) is 23.7 Å². The van der Waals surface area contributed by atoms with E-state index in [1.165, 1.54) is 0 Å². The molecule has 0 aliphatic carbocycles. The fraction of sp³-hybridized carbons (Fsp3) is 0.500. The zero-order valence-electron chi connectivity index (χ0n) is 14.0. The van der Waals surface area contributed by atoms with Gasteiger partial charge in [0.25, 0.3) is 0 Å². The summed E-state index contributed by atoms with van der Waals surface area (Å²) < 4.78 is 11.4. The van der Waals surface area contributed by atoms with Crippen LogP contribution in [0.2, 0.25) is 24.7 Å². The van der Waals surface area contributed by atoms with Crippen LogP contribution >= 0.6 is 11.6 Å². The van der Waals surface area contributed by atoms with Crippen LogP contribution in [0, 0.1) is 13.5 Å². The molecule has 1 aromatic carbocycles. The van der Waals surface area contributed by atoms with Gasteiger partial charge in [-0.2, -0.15) is 0 Å². The Morgan fingerprint density at radius 2 is 2.13 bits per heavy atom. The van der Waals surface area contributed by atoms with Crippen molar-refractivity contribution in [3.8, 4) is 0 Å². The molecule has 0 aromatic heterocycles. The molecule has 1 aliphatic rings. The maximum absolute atomic E-state index is 12.2. The quantitative estimate of drug-likeness (QED) is 0.579. The normalized spacial score (nSPS) is 19.4. The summed E-state index contributed by atoms with van der Waals surface area (Å²) in [6.07, 6.45) is -0.553. The van der Waals surface area contributed by atoms with Gasteiger partial charge in [-0.15, -0.1) is 0 Å². The Kier molecular flexibility index (Phi) is 5.04. The molecular formula is C16H21ClN2O3Si. The molecular weight excluding hydrogens is 332 g/mol. The molecule has 2 atom stereocenters. The molecule has 1 saturated heterocycles. The lowest BCUT2D eigenvalue weighted by Gasteiger charge is -2.32. The summed E-state index contributed by atoms with van der Waals surface area (Å²) in [7, 11) is -1.74. The summed E-state index contributed by atoms with van der Waals surface area (Å²) in [6.45, 7) is 17.5. The highest BCUT2D eigenvalue weighted by atomic mass is 35.5. The number of benzene rings is 1. The number of ether oxygens (including phenoxy) is 1. The first kappa shape index (κ1) is 17.8. The Morgan fingerprint density at radius 3 is 2.70 bits per heavy atom. The van der Waals surface area contributed by atoms with Crippen LogP contribution in [0.15, 0.2) is 12.1 Å². The van der Waals surface area contributed by atoms with Crippen LogP contribution in [0.4, 0.5) is 16.2 Å². The Labute approximate surface area is 143 Å². The number of hydrogen-bond donors (Lipinski definition) is 0. The molecule has 124 valence electrons. The van der Waals surface area contributed by atoms with Crippen molar-refractivity contribution in [2.75, 3.05) is 11.5 Å². The van der Waals surface area contributed by atoms with Crippen LogP contribution in [0.5, 0.6) is 0 Å². The maximum Gasteiger partial charge on any atom is 0.414 e. The molecule has 0 spiro atoms. The molecule has 23 heavy (non-hydrogen) atoms. The second-order valence-electron chi connectivity index (χ2n) is 6.60. The number of hydrogen-bond acceptors (Lipinski definition) is 3. The average molecular weight is 353 g/mol. The van der Waals surface area contributed by atoms with Gasteiger partial charge in [0.1, 0.15) is 6.61 Å².